The lowest BCUT2D eigenvalue weighted by molar-refractivity contribution is 0.0781. The van der Waals surface area contributed by atoms with E-state index in [9.17, 15) is 4.79 Å². The lowest BCUT2D eigenvalue weighted by atomic mass is 10.2. The van der Waals surface area contributed by atoms with Crippen LogP contribution in [0.15, 0.2) is 24.7 Å². The van der Waals surface area contributed by atoms with Crippen LogP contribution in [0.3, 0.4) is 0 Å². The maximum Gasteiger partial charge on any atom is 0.254 e. The second-order valence-electron chi connectivity index (χ2n) is 4.05. The maximum atomic E-state index is 12.2. The van der Waals surface area contributed by atoms with Gasteiger partial charge >= 0.3 is 0 Å². The average Bonchev–Trinajstić information content (AvgIpc) is 2.91. The number of hydrogen-bond acceptors (Lipinski definition) is 5. The molecule has 0 saturated carbocycles. The number of aromatic amines is 1. The predicted molar refractivity (Wildman–Crippen MR) is 70.6 cm³/mol. The number of nitrogens with one attached hydrogen (secondary N) is 2. The molecule has 0 aliphatic heterocycles. The molecule has 0 unspecified atom stereocenters. The number of pyridine rings is 1. The summed E-state index contributed by atoms with van der Waals surface area (Å²) in [7, 11) is 1.72. The van der Waals surface area contributed by atoms with E-state index in [-0.39, 0.29) is 5.91 Å². The zero-order chi connectivity index (χ0) is 13.7. The van der Waals surface area contributed by atoms with E-state index < -0.39 is 0 Å². The molecule has 100 valence electrons. The molecule has 0 fully saturated rings. The summed E-state index contributed by atoms with van der Waals surface area (Å²) in [6.07, 6.45) is 3.04. The molecule has 7 nitrogen and oxygen atoms in total. The highest BCUT2D eigenvalue weighted by atomic mass is 16.2. The summed E-state index contributed by atoms with van der Waals surface area (Å²) >= 11 is 0. The SMILES string of the molecule is CCNc1cc(C(=O)N(C)Cc2ncn[nH]2)ccn1. The number of H-pyrrole nitrogens is 1. The molecule has 19 heavy (non-hydrogen) atoms. The van der Waals surface area contributed by atoms with Crippen LogP contribution in [0, 0.1) is 0 Å². The fraction of sp³-hybridized carbons (Fsp3) is 0.333. The Bertz CT molecular complexity index is 539. The van der Waals surface area contributed by atoms with E-state index in [0.717, 1.165) is 6.54 Å². The lowest BCUT2D eigenvalue weighted by Gasteiger charge is -2.15. The van der Waals surface area contributed by atoms with Crippen molar-refractivity contribution in [2.45, 2.75) is 13.5 Å². The van der Waals surface area contributed by atoms with E-state index in [2.05, 4.69) is 25.5 Å². The molecule has 0 spiro atoms. The van der Waals surface area contributed by atoms with E-state index in [4.69, 9.17) is 0 Å². The molecule has 0 aromatic carbocycles. The molecule has 2 aromatic rings. The number of nitrogens with zero attached hydrogens (tertiary/aromatic N) is 4. The number of carbonyl (C=O) groups excluding carboxylic acids is 1. The molecule has 1 amide bonds. The van der Waals surface area contributed by atoms with Crippen molar-refractivity contribution in [2.24, 2.45) is 0 Å². The van der Waals surface area contributed by atoms with Gasteiger partial charge in [0.2, 0.25) is 0 Å². The molecule has 2 heterocycles. The van der Waals surface area contributed by atoms with Gasteiger partial charge in [-0.15, -0.1) is 0 Å². The number of aromatic nitrogens is 4. The van der Waals surface area contributed by atoms with Gasteiger partial charge in [0.15, 0.2) is 0 Å². The van der Waals surface area contributed by atoms with Crippen LogP contribution < -0.4 is 5.32 Å². The van der Waals surface area contributed by atoms with Crippen LogP contribution in [-0.4, -0.2) is 44.6 Å². The highest BCUT2D eigenvalue weighted by Gasteiger charge is 2.13. The summed E-state index contributed by atoms with van der Waals surface area (Å²) in [5, 5.41) is 9.55. The van der Waals surface area contributed by atoms with Gasteiger partial charge in [0.05, 0.1) is 6.54 Å². The molecule has 0 atom stereocenters. The van der Waals surface area contributed by atoms with E-state index in [1.165, 1.54) is 6.33 Å². The quantitative estimate of drug-likeness (QED) is 0.834. The van der Waals surface area contributed by atoms with Gasteiger partial charge in [0.1, 0.15) is 18.0 Å². The number of amides is 1. The fourth-order valence-corrected chi connectivity index (χ4v) is 1.67. The average molecular weight is 260 g/mol. The molecule has 0 aliphatic carbocycles. The van der Waals surface area contributed by atoms with E-state index >= 15 is 0 Å². The first-order valence-corrected chi connectivity index (χ1v) is 6.00. The molecule has 0 radical (unpaired) electrons. The first kappa shape index (κ1) is 13.0. The minimum Gasteiger partial charge on any atom is -0.370 e. The smallest absolute Gasteiger partial charge is 0.254 e. The summed E-state index contributed by atoms with van der Waals surface area (Å²) in [4.78, 5) is 21.9. The van der Waals surface area contributed by atoms with Crippen LogP contribution >= 0.6 is 0 Å². The lowest BCUT2D eigenvalue weighted by Crippen LogP contribution is -2.26. The Hall–Kier alpha value is -2.44. The Morgan fingerprint density at radius 2 is 2.32 bits per heavy atom. The Labute approximate surface area is 111 Å². The Kier molecular flexibility index (Phi) is 4.07. The zero-order valence-electron chi connectivity index (χ0n) is 10.9. The van der Waals surface area contributed by atoms with Gasteiger partial charge in [0, 0.05) is 25.4 Å². The summed E-state index contributed by atoms with van der Waals surface area (Å²) in [6, 6.07) is 3.43. The van der Waals surface area contributed by atoms with Crippen LogP contribution in [0.5, 0.6) is 0 Å². The van der Waals surface area contributed by atoms with Crippen molar-refractivity contribution in [3.8, 4) is 0 Å². The largest absolute Gasteiger partial charge is 0.370 e. The molecule has 0 bridgehead atoms. The van der Waals surface area contributed by atoms with Gasteiger partial charge in [-0.2, -0.15) is 5.10 Å². The van der Waals surface area contributed by atoms with Gasteiger partial charge < -0.3 is 10.2 Å². The monoisotopic (exact) mass is 260 g/mol. The molecule has 0 aliphatic rings. The minimum atomic E-state index is -0.0852. The molecule has 0 saturated heterocycles. The van der Waals surface area contributed by atoms with E-state index in [0.29, 0.717) is 23.8 Å². The molecule has 2 aromatic heterocycles. The maximum absolute atomic E-state index is 12.2. The third-order valence-corrected chi connectivity index (χ3v) is 2.56. The first-order chi connectivity index (χ1) is 9.20. The Morgan fingerprint density at radius 3 is 3.00 bits per heavy atom. The van der Waals surface area contributed by atoms with Crippen molar-refractivity contribution in [3.05, 3.63) is 36.0 Å². The third-order valence-electron chi connectivity index (χ3n) is 2.56. The van der Waals surface area contributed by atoms with Crippen molar-refractivity contribution in [2.75, 3.05) is 18.9 Å². The highest BCUT2D eigenvalue weighted by molar-refractivity contribution is 5.94. The number of hydrogen-bond donors (Lipinski definition) is 2. The summed E-state index contributed by atoms with van der Waals surface area (Å²) < 4.78 is 0. The van der Waals surface area contributed by atoms with Crippen LogP contribution in [0.4, 0.5) is 5.82 Å². The van der Waals surface area contributed by atoms with E-state index in [1.807, 2.05) is 6.92 Å². The standard InChI is InChI=1S/C12H16N6O/c1-3-13-10-6-9(4-5-14-10)12(19)18(2)7-11-15-8-16-17-11/h4-6,8H,3,7H2,1-2H3,(H,13,14)(H,15,16,17). The second-order valence-corrected chi connectivity index (χ2v) is 4.05. The summed E-state index contributed by atoms with van der Waals surface area (Å²) in [5.74, 6) is 1.26. The van der Waals surface area contributed by atoms with Crippen molar-refractivity contribution in [3.63, 3.8) is 0 Å². The molecular formula is C12H16N6O. The van der Waals surface area contributed by atoms with Gasteiger partial charge in [-0.3, -0.25) is 9.89 Å². The van der Waals surface area contributed by atoms with Crippen LogP contribution in [-0.2, 0) is 6.54 Å². The third kappa shape index (κ3) is 3.27. The number of anilines is 1. The van der Waals surface area contributed by atoms with Gasteiger partial charge in [-0.05, 0) is 19.1 Å². The molecular weight excluding hydrogens is 244 g/mol. The summed E-state index contributed by atoms with van der Waals surface area (Å²) in [6.45, 7) is 3.13. The number of rotatable bonds is 5. The molecule has 2 N–H and O–H groups in total. The zero-order valence-corrected chi connectivity index (χ0v) is 10.9. The van der Waals surface area contributed by atoms with Crippen LogP contribution in [0.2, 0.25) is 0 Å². The first-order valence-electron chi connectivity index (χ1n) is 6.00. The summed E-state index contributed by atoms with van der Waals surface area (Å²) in [5.41, 5.74) is 0.591. The molecule has 2 rings (SSSR count). The topological polar surface area (TPSA) is 86.8 Å². The minimum absolute atomic E-state index is 0.0852. The second kappa shape index (κ2) is 5.94. The molecule has 7 heteroatoms. The van der Waals surface area contributed by atoms with Crippen molar-refractivity contribution in [1.29, 1.82) is 0 Å². The van der Waals surface area contributed by atoms with Crippen LogP contribution in [0.25, 0.3) is 0 Å². The van der Waals surface area contributed by atoms with Gasteiger partial charge in [-0.25, -0.2) is 9.97 Å². The highest BCUT2D eigenvalue weighted by Crippen LogP contribution is 2.10. The fourth-order valence-electron chi connectivity index (χ4n) is 1.67. The Morgan fingerprint density at radius 1 is 1.47 bits per heavy atom. The van der Waals surface area contributed by atoms with Crippen molar-refractivity contribution in [1.82, 2.24) is 25.1 Å². The van der Waals surface area contributed by atoms with Crippen molar-refractivity contribution >= 4 is 11.7 Å². The normalized spacial score (nSPS) is 10.2. The van der Waals surface area contributed by atoms with Gasteiger partial charge in [0.25, 0.3) is 5.91 Å². The van der Waals surface area contributed by atoms with Gasteiger partial charge in [-0.1, -0.05) is 0 Å². The Balaban J connectivity index is 2.08. The van der Waals surface area contributed by atoms with Crippen LogP contribution in [0.1, 0.15) is 23.1 Å². The van der Waals surface area contributed by atoms with Crippen molar-refractivity contribution < 1.29 is 4.79 Å². The van der Waals surface area contributed by atoms with E-state index in [1.54, 1.807) is 30.3 Å². The number of carbonyl (C=O) groups is 1. The predicted octanol–water partition coefficient (Wildman–Crippen LogP) is 0.904.